The summed E-state index contributed by atoms with van der Waals surface area (Å²) in [4.78, 5) is 12.0. The number of rotatable bonds is 6. The SMILES string of the molecule is COc1ccc(OC)c(NCC(=O)Nc2ccccc2C(F)(F)F)c1. The summed E-state index contributed by atoms with van der Waals surface area (Å²) in [5, 5.41) is 5.08. The number of para-hydroxylation sites is 1. The second-order valence-electron chi connectivity index (χ2n) is 5.01. The molecule has 0 atom stereocenters. The Balaban J connectivity index is 2.08. The van der Waals surface area contributed by atoms with Crippen LogP contribution in [0.2, 0.25) is 0 Å². The summed E-state index contributed by atoms with van der Waals surface area (Å²) in [6.45, 7) is -0.240. The number of alkyl halides is 3. The van der Waals surface area contributed by atoms with Gasteiger partial charge in [0.2, 0.25) is 5.91 Å². The molecule has 0 aromatic heterocycles. The summed E-state index contributed by atoms with van der Waals surface area (Å²) in [5.41, 5.74) is -0.706. The fraction of sp³-hybridized carbons (Fsp3) is 0.235. The summed E-state index contributed by atoms with van der Waals surface area (Å²) in [6, 6.07) is 9.75. The Bertz CT molecular complexity index is 748. The molecule has 2 rings (SSSR count). The van der Waals surface area contributed by atoms with Gasteiger partial charge in [-0.2, -0.15) is 13.2 Å². The van der Waals surface area contributed by atoms with E-state index < -0.39 is 17.6 Å². The van der Waals surface area contributed by atoms with E-state index in [2.05, 4.69) is 10.6 Å². The molecule has 1 amide bonds. The van der Waals surface area contributed by atoms with Gasteiger partial charge in [0.25, 0.3) is 0 Å². The number of ether oxygens (including phenoxy) is 2. The van der Waals surface area contributed by atoms with Crippen LogP contribution >= 0.6 is 0 Å². The molecule has 0 aliphatic heterocycles. The molecule has 25 heavy (non-hydrogen) atoms. The Morgan fingerprint density at radius 1 is 1.04 bits per heavy atom. The third-order valence-electron chi connectivity index (χ3n) is 3.35. The summed E-state index contributed by atoms with van der Waals surface area (Å²) in [7, 11) is 2.96. The third-order valence-corrected chi connectivity index (χ3v) is 3.35. The van der Waals surface area contributed by atoms with E-state index in [1.54, 1.807) is 18.2 Å². The van der Waals surface area contributed by atoms with Crippen LogP contribution in [0.15, 0.2) is 42.5 Å². The van der Waals surface area contributed by atoms with Gasteiger partial charge in [-0.1, -0.05) is 12.1 Å². The van der Waals surface area contributed by atoms with E-state index in [1.807, 2.05) is 0 Å². The van der Waals surface area contributed by atoms with E-state index in [4.69, 9.17) is 9.47 Å². The maximum Gasteiger partial charge on any atom is 0.418 e. The van der Waals surface area contributed by atoms with Gasteiger partial charge in [-0.05, 0) is 24.3 Å². The quantitative estimate of drug-likeness (QED) is 0.829. The van der Waals surface area contributed by atoms with Gasteiger partial charge in [-0.3, -0.25) is 4.79 Å². The van der Waals surface area contributed by atoms with Crippen molar-refractivity contribution in [2.45, 2.75) is 6.18 Å². The number of carbonyl (C=O) groups excluding carboxylic acids is 1. The van der Waals surface area contributed by atoms with Gasteiger partial charge in [0.15, 0.2) is 0 Å². The van der Waals surface area contributed by atoms with Crippen molar-refractivity contribution in [3.63, 3.8) is 0 Å². The maximum absolute atomic E-state index is 12.9. The number of amides is 1. The summed E-state index contributed by atoms with van der Waals surface area (Å²) in [6.07, 6.45) is -4.55. The molecule has 0 spiro atoms. The molecule has 8 heteroatoms. The lowest BCUT2D eigenvalue weighted by atomic mass is 10.1. The Labute approximate surface area is 142 Å². The van der Waals surface area contributed by atoms with Crippen LogP contribution in [0.5, 0.6) is 11.5 Å². The van der Waals surface area contributed by atoms with Crippen LogP contribution in [-0.4, -0.2) is 26.7 Å². The van der Waals surface area contributed by atoms with E-state index in [0.717, 1.165) is 6.07 Å². The van der Waals surface area contributed by atoms with Crippen molar-refractivity contribution < 1.29 is 27.4 Å². The minimum atomic E-state index is -4.55. The molecule has 0 saturated carbocycles. The number of anilines is 2. The largest absolute Gasteiger partial charge is 0.497 e. The molecule has 0 aliphatic rings. The first-order chi connectivity index (χ1) is 11.8. The van der Waals surface area contributed by atoms with Crippen molar-refractivity contribution in [2.24, 2.45) is 0 Å². The Morgan fingerprint density at radius 3 is 2.40 bits per heavy atom. The van der Waals surface area contributed by atoms with Crippen LogP contribution in [-0.2, 0) is 11.0 Å². The summed E-state index contributed by atoms with van der Waals surface area (Å²) < 4.78 is 49.1. The Morgan fingerprint density at radius 2 is 1.76 bits per heavy atom. The van der Waals surface area contributed by atoms with E-state index in [0.29, 0.717) is 17.2 Å². The zero-order valence-corrected chi connectivity index (χ0v) is 13.6. The number of nitrogens with one attached hydrogen (secondary N) is 2. The lowest BCUT2D eigenvalue weighted by molar-refractivity contribution is -0.137. The topological polar surface area (TPSA) is 59.6 Å². The van der Waals surface area contributed by atoms with E-state index in [9.17, 15) is 18.0 Å². The second-order valence-corrected chi connectivity index (χ2v) is 5.01. The normalized spacial score (nSPS) is 10.9. The molecule has 2 N–H and O–H groups in total. The number of halogens is 3. The van der Waals surface area contributed by atoms with Crippen LogP contribution in [0.4, 0.5) is 24.5 Å². The lowest BCUT2D eigenvalue weighted by Gasteiger charge is -2.15. The van der Waals surface area contributed by atoms with E-state index in [1.165, 1.54) is 32.4 Å². The molecule has 2 aromatic carbocycles. The maximum atomic E-state index is 12.9. The lowest BCUT2D eigenvalue weighted by Crippen LogP contribution is -2.23. The van der Waals surface area contributed by atoms with Crippen molar-refractivity contribution in [3.05, 3.63) is 48.0 Å². The highest BCUT2D eigenvalue weighted by atomic mass is 19.4. The van der Waals surface area contributed by atoms with Gasteiger partial charge in [0.1, 0.15) is 11.5 Å². The molecule has 0 saturated heterocycles. The molecule has 0 aliphatic carbocycles. The van der Waals surface area contributed by atoms with Crippen LogP contribution in [0.1, 0.15) is 5.56 Å². The molecule has 0 heterocycles. The molecule has 0 fully saturated rings. The van der Waals surface area contributed by atoms with Crippen molar-refractivity contribution in [3.8, 4) is 11.5 Å². The first-order valence-corrected chi connectivity index (χ1v) is 7.27. The molecular weight excluding hydrogens is 337 g/mol. The van der Waals surface area contributed by atoms with Crippen LogP contribution in [0.3, 0.4) is 0 Å². The minimum absolute atomic E-state index is 0.240. The van der Waals surface area contributed by atoms with Crippen molar-refractivity contribution in [1.29, 1.82) is 0 Å². The highest BCUT2D eigenvalue weighted by molar-refractivity contribution is 5.94. The predicted molar refractivity (Wildman–Crippen MR) is 88.1 cm³/mol. The number of carbonyl (C=O) groups is 1. The highest BCUT2D eigenvalue weighted by Crippen LogP contribution is 2.34. The fourth-order valence-electron chi connectivity index (χ4n) is 2.16. The van der Waals surface area contributed by atoms with Crippen molar-refractivity contribution in [2.75, 3.05) is 31.4 Å². The first-order valence-electron chi connectivity index (χ1n) is 7.27. The highest BCUT2D eigenvalue weighted by Gasteiger charge is 2.33. The first kappa shape index (κ1) is 18.4. The number of methoxy groups -OCH3 is 2. The third kappa shape index (κ3) is 4.79. The predicted octanol–water partition coefficient (Wildman–Crippen LogP) is 3.77. The number of benzene rings is 2. The molecule has 2 aromatic rings. The van der Waals surface area contributed by atoms with Gasteiger partial charge in [-0.25, -0.2) is 0 Å². The van der Waals surface area contributed by atoms with E-state index >= 15 is 0 Å². The van der Waals surface area contributed by atoms with Crippen molar-refractivity contribution in [1.82, 2.24) is 0 Å². The average Bonchev–Trinajstić information content (AvgIpc) is 2.59. The van der Waals surface area contributed by atoms with Crippen LogP contribution < -0.4 is 20.1 Å². The van der Waals surface area contributed by atoms with Crippen LogP contribution in [0.25, 0.3) is 0 Å². The van der Waals surface area contributed by atoms with Crippen LogP contribution in [0, 0.1) is 0 Å². The molecular formula is C17H17F3N2O3. The Hall–Kier alpha value is -2.90. The fourth-order valence-corrected chi connectivity index (χ4v) is 2.16. The minimum Gasteiger partial charge on any atom is -0.497 e. The average molecular weight is 354 g/mol. The van der Waals surface area contributed by atoms with E-state index in [-0.39, 0.29) is 12.2 Å². The second kappa shape index (κ2) is 7.78. The zero-order chi connectivity index (χ0) is 18.4. The molecule has 0 bridgehead atoms. The standard InChI is InChI=1S/C17H17F3N2O3/c1-24-11-7-8-15(25-2)14(9-11)21-10-16(23)22-13-6-4-3-5-12(13)17(18,19)20/h3-9,21H,10H2,1-2H3,(H,22,23). The van der Waals surface area contributed by atoms with Gasteiger partial charge in [0, 0.05) is 6.07 Å². The molecule has 0 radical (unpaired) electrons. The number of hydrogen-bond acceptors (Lipinski definition) is 4. The summed E-state index contributed by atoms with van der Waals surface area (Å²) in [5.74, 6) is 0.400. The van der Waals surface area contributed by atoms with Crippen molar-refractivity contribution >= 4 is 17.3 Å². The smallest absolute Gasteiger partial charge is 0.418 e. The molecule has 134 valence electrons. The van der Waals surface area contributed by atoms with Gasteiger partial charge in [-0.15, -0.1) is 0 Å². The zero-order valence-electron chi connectivity index (χ0n) is 13.6. The molecule has 5 nitrogen and oxygen atoms in total. The number of hydrogen-bond donors (Lipinski definition) is 2. The van der Waals surface area contributed by atoms with Gasteiger partial charge < -0.3 is 20.1 Å². The Kier molecular flexibility index (Phi) is 5.74. The summed E-state index contributed by atoms with van der Waals surface area (Å²) >= 11 is 0. The van der Waals surface area contributed by atoms with Gasteiger partial charge >= 0.3 is 6.18 Å². The van der Waals surface area contributed by atoms with Gasteiger partial charge in [0.05, 0.1) is 37.7 Å². The monoisotopic (exact) mass is 354 g/mol. The molecule has 0 unspecified atom stereocenters.